The van der Waals surface area contributed by atoms with Gasteiger partial charge in [0, 0.05) is 0 Å². The molecule has 0 radical (unpaired) electrons. The van der Waals surface area contributed by atoms with Gasteiger partial charge in [0.15, 0.2) is 0 Å². The van der Waals surface area contributed by atoms with Crippen LogP contribution in [0.3, 0.4) is 0 Å². The van der Waals surface area contributed by atoms with E-state index in [0.29, 0.717) is 19.7 Å². The molecular formula is C43H42Cl2F6Zr-2. The van der Waals surface area contributed by atoms with Crippen LogP contribution in [-0.4, -0.2) is 3.21 Å². The third-order valence-corrected chi connectivity index (χ3v) is 10.0. The molecule has 0 spiro atoms. The average molecular weight is 835 g/mol. The van der Waals surface area contributed by atoms with Crippen molar-refractivity contribution in [2.75, 3.05) is 0 Å². The molecule has 52 heavy (non-hydrogen) atoms. The maximum Gasteiger partial charge on any atom is -1.00 e. The number of alkyl halides is 6. The normalized spacial score (nSPS) is 11.8. The van der Waals surface area contributed by atoms with Crippen LogP contribution in [0.2, 0.25) is 0 Å². The second-order valence-corrected chi connectivity index (χ2v) is 15.0. The molecule has 0 heterocycles. The summed E-state index contributed by atoms with van der Waals surface area (Å²) in [5.41, 5.74) is 11.0. The van der Waals surface area contributed by atoms with Crippen molar-refractivity contribution in [3.8, 4) is 11.1 Å². The minimum atomic E-state index is -4.41. The van der Waals surface area contributed by atoms with E-state index in [4.69, 9.17) is 0 Å². The van der Waals surface area contributed by atoms with Gasteiger partial charge in [0.25, 0.3) is 0 Å². The molecule has 0 saturated carbocycles. The largest absolute Gasteiger partial charge is 1.00 e. The van der Waals surface area contributed by atoms with Gasteiger partial charge in [-0.3, -0.25) is 0 Å². The van der Waals surface area contributed by atoms with E-state index in [0.717, 1.165) is 54.9 Å². The first-order chi connectivity index (χ1) is 23.4. The fraction of sp³-hybridized carbons (Fsp3) is 0.302. The van der Waals surface area contributed by atoms with Gasteiger partial charge >= 0.3 is 137 Å². The molecule has 0 bridgehead atoms. The molecule has 0 aliphatic heterocycles. The number of halogens is 8. The predicted octanol–water partition coefficient (Wildman–Crippen LogP) is 6.57. The van der Waals surface area contributed by atoms with E-state index < -0.39 is 23.5 Å². The summed E-state index contributed by atoms with van der Waals surface area (Å²) in [4.78, 5) is 0. The van der Waals surface area contributed by atoms with Gasteiger partial charge in [-0.25, -0.2) is 6.07 Å². The van der Waals surface area contributed by atoms with Crippen LogP contribution in [0.15, 0.2) is 97.1 Å². The average Bonchev–Trinajstić information content (AvgIpc) is 3.68. The maximum atomic E-state index is 12.5. The topological polar surface area (TPSA) is 0 Å². The smallest absolute Gasteiger partial charge is 1.00 e. The quantitative estimate of drug-likeness (QED) is 0.136. The van der Waals surface area contributed by atoms with Crippen molar-refractivity contribution in [1.29, 1.82) is 0 Å². The first-order valence-corrected chi connectivity index (χ1v) is 17.9. The van der Waals surface area contributed by atoms with Gasteiger partial charge in [-0.2, -0.15) is 47.0 Å². The predicted molar refractivity (Wildman–Crippen MR) is 188 cm³/mol. The summed E-state index contributed by atoms with van der Waals surface area (Å²) in [6.07, 6.45) is -3.92. The molecule has 1 aliphatic rings. The zero-order valence-corrected chi connectivity index (χ0v) is 34.1. The van der Waals surface area contributed by atoms with Gasteiger partial charge in [0.2, 0.25) is 0 Å². The minimum Gasteiger partial charge on any atom is -1.00 e. The second kappa shape index (κ2) is 18.9. The van der Waals surface area contributed by atoms with E-state index in [9.17, 15) is 26.3 Å². The zero-order chi connectivity index (χ0) is 36.9. The fourth-order valence-corrected chi connectivity index (χ4v) is 6.50. The summed E-state index contributed by atoms with van der Waals surface area (Å²) >= 11 is 0.898. The van der Waals surface area contributed by atoms with Gasteiger partial charge in [-0.05, 0) is 18.9 Å². The van der Waals surface area contributed by atoms with Crippen LogP contribution < -0.4 is 24.8 Å². The zero-order valence-electron chi connectivity index (χ0n) is 30.1. The molecule has 5 aromatic carbocycles. The molecule has 6 rings (SSSR count). The van der Waals surface area contributed by atoms with E-state index in [1.54, 1.807) is 0 Å². The summed E-state index contributed by atoms with van der Waals surface area (Å²) in [6.45, 7) is 13.3. The molecule has 276 valence electrons. The van der Waals surface area contributed by atoms with E-state index in [-0.39, 0.29) is 24.8 Å². The van der Waals surface area contributed by atoms with Gasteiger partial charge in [-0.1, -0.05) is 88.6 Å². The Hall–Kier alpha value is -2.86. The van der Waals surface area contributed by atoms with E-state index in [1.165, 1.54) is 88.0 Å². The Morgan fingerprint density at radius 1 is 0.712 bits per heavy atom. The van der Waals surface area contributed by atoms with E-state index in [1.807, 2.05) is 0 Å². The molecule has 1 aliphatic carbocycles. The Labute approximate surface area is 331 Å². The van der Waals surface area contributed by atoms with Crippen molar-refractivity contribution in [2.45, 2.75) is 85.0 Å². The molecule has 0 N–H and O–H groups in total. The van der Waals surface area contributed by atoms with Crippen LogP contribution in [0, 0.1) is 19.9 Å². The summed E-state index contributed by atoms with van der Waals surface area (Å²) < 4.78 is 75.6. The number of hydrogen-bond acceptors (Lipinski definition) is 0. The molecule has 9 heteroatoms. The third-order valence-electron chi connectivity index (χ3n) is 8.60. The number of rotatable bonds is 5. The van der Waals surface area contributed by atoms with E-state index in [2.05, 4.69) is 96.1 Å². The Morgan fingerprint density at radius 2 is 1.23 bits per heavy atom. The molecule has 5 aromatic rings. The van der Waals surface area contributed by atoms with Crippen LogP contribution in [0.25, 0.3) is 11.1 Å². The maximum absolute atomic E-state index is 12.5. The first-order valence-electron chi connectivity index (χ1n) is 16.7. The number of aryl methyl sites for hydroxylation is 3. The summed E-state index contributed by atoms with van der Waals surface area (Å²) in [5, 5.41) is 0. The van der Waals surface area contributed by atoms with Crippen LogP contribution in [0.4, 0.5) is 26.3 Å². The SMILES string of the molecule is CCCCc1cc(C(C)(C)C)c[cH-]1.Cc1[c-]c2c(cc1)-c1ccc(C)cc1C2.FC(F)(F)c1ccc([C](=[Zr+2])c2ccc(C(F)(F)F)cc2)cc1.[Cl-].[Cl-]. The molecular weight excluding hydrogens is 793 g/mol. The third kappa shape index (κ3) is 12.4. The Kier molecular flexibility index (Phi) is 16.5. The van der Waals surface area contributed by atoms with Crippen molar-refractivity contribution < 1.29 is 75.4 Å². The summed E-state index contributed by atoms with van der Waals surface area (Å²) in [7, 11) is 0. The van der Waals surface area contributed by atoms with Crippen LogP contribution in [-0.2, 0) is 54.8 Å². The number of fused-ring (bicyclic) bond motifs is 3. The van der Waals surface area contributed by atoms with Crippen LogP contribution in [0.5, 0.6) is 0 Å². The van der Waals surface area contributed by atoms with Gasteiger partial charge in [0.05, 0.1) is 0 Å². The Bertz CT molecular complexity index is 1790. The Balaban J connectivity index is 0.000000276. The van der Waals surface area contributed by atoms with Gasteiger partial charge < -0.3 is 24.8 Å². The molecule has 0 fully saturated rings. The molecule has 0 unspecified atom stereocenters. The number of hydrogen-bond donors (Lipinski definition) is 0. The fourth-order valence-electron chi connectivity index (χ4n) is 5.68. The summed E-state index contributed by atoms with van der Waals surface area (Å²) in [6, 6.07) is 30.6. The van der Waals surface area contributed by atoms with Crippen molar-refractivity contribution >= 4 is 3.21 Å². The molecule has 0 nitrogen and oxygen atoms in total. The standard InChI is InChI=1S/C15H8F6.C15H13.C13H21.2ClH.Zr/c16-14(17,18)12-5-1-10(2-6-12)9-11-3-7-13(8-4-11)15(19,20)21;1-10-3-5-14-12(7-10)9-13-8-11(2)4-6-15(13)14;1-5-6-7-11-8-9-12(10-11)13(2,3)4;;;/h1-8H;3-7H,9H2,1-2H3;8-10H,5-7H2,1-4H3;2*1H;/q;2*-1;;;+2/p-2. The number of benzene rings is 4. The van der Waals surface area contributed by atoms with Crippen LogP contribution in [0.1, 0.15) is 96.2 Å². The molecule has 0 saturated heterocycles. The second-order valence-electron chi connectivity index (χ2n) is 13.8. The van der Waals surface area contributed by atoms with Crippen molar-refractivity contribution in [2.24, 2.45) is 0 Å². The minimum absolute atomic E-state index is 0. The van der Waals surface area contributed by atoms with Crippen LogP contribution >= 0.6 is 0 Å². The molecule has 0 atom stereocenters. The number of unbranched alkanes of at least 4 members (excludes halogenated alkanes) is 1. The summed E-state index contributed by atoms with van der Waals surface area (Å²) in [5.74, 6) is 0. The van der Waals surface area contributed by atoms with Gasteiger partial charge in [0.1, 0.15) is 0 Å². The Morgan fingerprint density at radius 3 is 1.69 bits per heavy atom. The van der Waals surface area contributed by atoms with Gasteiger partial charge in [-0.15, -0.1) is 11.1 Å². The monoisotopic (exact) mass is 832 g/mol. The first kappa shape index (κ1) is 45.3. The van der Waals surface area contributed by atoms with Crippen molar-refractivity contribution in [3.63, 3.8) is 0 Å². The van der Waals surface area contributed by atoms with Crippen molar-refractivity contribution in [1.82, 2.24) is 0 Å². The molecule has 0 amide bonds. The van der Waals surface area contributed by atoms with E-state index >= 15 is 0 Å². The van der Waals surface area contributed by atoms with Crippen molar-refractivity contribution in [3.05, 3.63) is 159 Å². The molecule has 0 aromatic heterocycles.